The molecule has 0 aliphatic carbocycles. The van der Waals surface area contributed by atoms with E-state index in [9.17, 15) is 0 Å². The molecule has 0 unspecified atom stereocenters. The van der Waals surface area contributed by atoms with Crippen molar-refractivity contribution in [2.45, 2.75) is 0 Å². The highest BCUT2D eigenvalue weighted by molar-refractivity contribution is 6.17. The Bertz CT molecular complexity index is 164. The van der Waals surface area contributed by atoms with E-state index in [1.165, 1.54) is 0 Å². The van der Waals surface area contributed by atoms with Crippen LogP contribution >= 0.6 is 0 Å². The second-order valence-corrected chi connectivity index (χ2v) is 1.59. The molecule has 1 aromatic rings. The van der Waals surface area contributed by atoms with Gasteiger partial charge in [-0.25, -0.2) is 0 Å². The first-order valence-electron chi connectivity index (χ1n) is 2.72. The van der Waals surface area contributed by atoms with Crippen molar-refractivity contribution in [3.63, 3.8) is 0 Å². The highest BCUT2D eigenvalue weighted by Crippen LogP contribution is 2.06. The molecule has 1 aromatic carbocycles. The van der Waals surface area contributed by atoms with Crippen LogP contribution in [0, 0.1) is 0 Å². The quantitative estimate of drug-likeness (QED) is 0.572. The monoisotopic (exact) mass is 122 g/mol. The molecule has 0 saturated heterocycles. The molecule has 0 amide bonds. The predicted molar refractivity (Wildman–Crippen MR) is 36.4 cm³/mol. The Labute approximate surface area is 54.4 Å². The number of benzene rings is 1. The lowest BCUT2D eigenvalue weighted by Crippen LogP contribution is -1.98. The van der Waals surface area contributed by atoms with E-state index in [2.05, 4.69) is 0 Å². The van der Waals surface area contributed by atoms with Crippen molar-refractivity contribution < 1.29 is 9.68 Å². The van der Waals surface area contributed by atoms with Crippen LogP contribution in [0.15, 0.2) is 30.3 Å². The Morgan fingerprint density at radius 1 is 1.22 bits per heavy atom. The second-order valence-electron chi connectivity index (χ2n) is 1.59. The van der Waals surface area contributed by atoms with Gasteiger partial charge in [-0.2, -0.15) is 0 Å². The molecule has 1 rings (SSSR count). The number of hydrogen-bond donors (Lipinski definition) is 1. The lowest BCUT2D eigenvalue weighted by Gasteiger charge is -1.97. The van der Waals surface area contributed by atoms with Crippen molar-refractivity contribution in [1.82, 2.24) is 0 Å². The fourth-order valence-corrected chi connectivity index (χ4v) is 0.591. The van der Waals surface area contributed by atoms with E-state index in [4.69, 9.17) is 9.68 Å². The van der Waals surface area contributed by atoms with Gasteiger partial charge in [-0.15, -0.1) is 0 Å². The van der Waals surface area contributed by atoms with E-state index in [-0.39, 0.29) is 7.69 Å². The van der Waals surface area contributed by atoms with Gasteiger partial charge in [0.25, 0.3) is 0 Å². The average molecular weight is 122 g/mol. The van der Waals surface area contributed by atoms with Crippen LogP contribution in [-0.4, -0.2) is 12.7 Å². The summed E-state index contributed by atoms with van der Waals surface area (Å²) in [4.78, 5) is 0. The molecule has 0 radical (unpaired) electrons. The maximum Gasteiger partial charge on any atom is 0.504 e. The second kappa shape index (κ2) is 3.15. The molecular weight excluding hydrogens is 115 g/mol. The van der Waals surface area contributed by atoms with Crippen molar-refractivity contribution in [3.05, 3.63) is 30.3 Å². The molecule has 0 fully saturated rings. The maximum atomic E-state index is 8.30. The topological polar surface area (TPSA) is 29.5 Å². The van der Waals surface area contributed by atoms with Gasteiger partial charge in [-0.05, 0) is 12.1 Å². The van der Waals surface area contributed by atoms with Crippen molar-refractivity contribution in [3.8, 4) is 5.75 Å². The van der Waals surface area contributed by atoms with Crippen LogP contribution in [0.25, 0.3) is 0 Å². The summed E-state index contributed by atoms with van der Waals surface area (Å²) in [5.41, 5.74) is 0. The molecule has 0 aromatic heterocycles. The van der Waals surface area contributed by atoms with Crippen LogP contribution in [0.4, 0.5) is 0 Å². The predicted octanol–water partition coefficient (Wildman–Crippen LogP) is 0.324. The van der Waals surface area contributed by atoms with Gasteiger partial charge in [0, 0.05) is 0 Å². The third kappa shape index (κ3) is 1.78. The summed E-state index contributed by atoms with van der Waals surface area (Å²) >= 11 is 0. The summed E-state index contributed by atoms with van der Waals surface area (Å²) in [5.74, 6) is 0.694. The molecule has 0 spiro atoms. The van der Waals surface area contributed by atoms with Crippen LogP contribution < -0.4 is 4.65 Å². The Kier molecular flexibility index (Phi) is 2.16. The highest BCUT2D eigenvalue weighted by atomic mass is 16.5. The van der Waals surface area contributed by atoms with Gasteiger partial charge < -0.3 is 9.68 Å². The molecule has 0 bridgehead atoms. The SMILES string of the molecule is OBOc1ccccc1. The Hall–Kier alpha value is -0.955. The zero-order valence-electron chi connectivity index (χ0n) is 4.95. The molecule has 0 aliphatic rings. The minimum Gasteiger partial charge on any atom is -0.539 e. The normalized spacial score (nSPS) is 8.56. The largest absolute Gasteiger partial charge is 0.539 e. The minimum absolute atomic E-state index is 0.260. The lowest BCUT2D eigenvalue weighted by atomic mass is 10.3. The van der Waals surface area contributed by atoms with E-state index in [0.29, 0.717) is 5.75 Å². The van der Waals surface area contributed by atoms with Gasteiger partial charge in [-0.1, -0.05) is 18.2 Å². The Balaban J connectivity index is 2.61. The fraction of sp³-hybridized carbons (Fsp3) is 0. The summed E-state index contributed by atoms with van der Waals surface area (Å²) < 4.78 is 4.76. The third-order valence-electron chi connectivity index (χ3n) is 0.974. The maximum absolute atomic E-state index is 8.30. The van der Waals surface area contributed by atoms with Gasteiger partial charge in [0.2, 0.25) is 0 Å². The van der Waals surface area contributed by atoms with E-state index in [1.54, 1.807) is 12.1 Å². The summed E-state index contributed by atoms with van der Waals surface area (Å²) in [6.07, 6.45) is 0. The van der Waals surface area contributed by atoms with Crippen LogP contribution in [-0.2, 0) is 0 Å². The van der Waals surface area contributed by atoms with E-state index >= 15 is 0 Å². The van der Waals surface area contributed by atoms with Crippen LogP contribution in [0.3, 0.4) is 0 Å². The average Bonchev–Trinajstić information content (AvgIpc) is 1.91. The number of hydrogen-bond acceptors (Lipinski definition) is 2. The molecule has 9 heavy (non-hydrogen) atoms. The van der Waals surface area contributed by atoms with E-state index < -0.39 is 0 Å². The summed E-state index contributed by atoms with van der Waals surface area (Å²) in [6, 6.07) is 9.17. The Morgan fingerprint density at radius 2 is 1.89 bits per heavy atom. The highest BCUT2D eigenvalue weighted by Gasteiger charge is 1.87. The van der Waals surface area contributed by atoms with E-state index in [1.807, 2.05) is 18.2 Å². The van der Waals surface area contributed by atoms with Crippen molar-refractivity contribution in [2.75, 3.05) is 0 Å². The molecule has 0 heterocycles. The van der Waals surface area contributed by atoms with Crippen molar-refractivity contribution in [1.29, 1.82) is 0 Å². The van der Waals surface area contributed by atoms with Gasteiger partial charge in [-0.3, -0.25) is 0 Å². The smallest absolute Gasteiger partial charge is 0.504 e. The minimum atomic E-state index is -0.260. The molecule has 3 heteroatoms. The van der Waals surface area contributed by atoms with Crippen LogP contribution in [0.2, 0.25) is 0 Å². The van der Waals surface area contributed by atoms with E-state index in [0.717, 1.165) is 0 Å². The van der Waals surface area contributed by atoms with Crippen molar-refractivity contribution >= 4 is 7.69 Å². The molecular formula is C6H7BO2. The third-order valence-corrected chi connectivity index (χ3v) is 0.974. The van der Waals surface area contributed by atoms with Crippen LogP contribution in [0.1, 0.15) is 0 Å². The first-order chi connectivity index (χ1) is 4.43. The first kappa shape index (κ1) is 6.17. The van der Waals surface area contributed by atoms with Crippen LogP contribution in [0.5, 0.6) is 5.75 Å². The molecule has 0 saturated carbocycles. The zero-order valence-corrected chi connectivity index (χ0v) is 4.95. The lowest BCUT2D eigenvalue weighted by molar-refractivity contribution is 0.454. The standard InChI is InChI=1S/C6H7BO2/c8-7-9-6-4-2-1-3-5-6/h1-5,7-8H. The molecule has 2 nitrogen and oxygen atoms in total. The first-order valence-corrected chi connectivity index (χ1v) is 2.72. The Morgan fingerprint density at radius 3 is 2.44 bits per heavy atom. The molecule has 0 aliphatic heterocycles. The number of rotatable bonds is 2. The summed E-state index contributed by atoms with van der Waals surface area (Å²) in [5, 5.41) is 8.30. The zero-order chi connectivity index (χ0) is 6.53. The van der Waals surface area contributed by atoms with Gasteiger partial charge in [0.15, 0.2) is 0 Å². The fourth-order valence-electron chi connectivity index (χ4n) is 0.591. The van der Waals surface area contributed by atoms with Gasteiger partial charge >= 0.3 is 7.69 Å². The summed E-state index contributed by atoms with van der Waals surface area (Å²) in [6.45, 7) is 0. The molecule has 0 atom stereocenters. The summed E-state index contributed by atoms with van der Waals surface area (Å²) in [7, 11) is -0.260. The van der Waals surface area contributed by atoms with Crippen molar-refractivity contribution in [2.24, 2.45) is 0 Å². The number of para-hydroxylation sites is 1. The van der Waals surface area contributed by atoms with Gasteiger partial charge in [0.05, 0.1) is 0 Å². The van der Waals surface area contributed by atoms with Gasteiger partial charge in [0.1, 0.15) is 5.75 Å². The molecule has 1 N–H and O–H groups in total. The molecule has 46 valence electrons.